The Morgan fingerprint density at radius 1 is 1.69 bits per heavy atom. The van der Waals surface area contributed by atoms with E-state index in [1.54, 1.807) is 11.3 Å². The van der Waals surface area contributed by atoms with Crippen molar-refractivity contribution in [3.63, 3.8) is 0 Å². The molecule has 2 heterocycles. The summed E-state index contributed by atoms with van der Waals surface area (Å²) >= 11 is 1.60. The maximum absolute atomic E-state index is 11.8. The first-order chi connectivity index (χ1) is 7.63. The van der Waals surface area contributed by atoms with E-state index in [1.807, 2.05) is 17.2 Å². The quantitative estimate of drug-likeness (QED) is 0.868. The molecule has 16 heavy (non-hydrogen) atoms. The van der Waals surface area contributed by atoms with Gasteiger partial charge in [0, 0.05) is 30.1 Å². The van der Waals surface area contributed by atoms with Gasteiger partial charge in [-0.25, -0.2) is 4.98 Å². The lowest BCUT2D eigenvalue weighted by molar-refractivity contribution is -0.129. The van der Waals surface area contributed by atoms with Gasteiger partial charge >= 0.3 is 0 Å². The Hall–Kier alpha value is -0.940. The Labute approximate surface area is 99.5 Å². The van der Waals surface area contributed by atoms with Gasteiger partial charge in [0.2, 0.25) is 5.91 Å². The molecule has 88 valence electrons. The van der Waals surface area contributed by atoms with E-state index in [-0.39, 0.29) is 18.0 Å². The largest absolute Gasteiger partial charge is 0.332 e. The standard InChI is InChI=1S/C11H17N3OS/c1-3-4-14-9(15)5-8(12)10(14)11-13-7(2)6-16-11/h6,8,10H,3-5,12H2,1-2H3. The number of thiazole rings is 1. The van der Waals surface area contributed by atoms with E-state index in [0.717, 1.165) is 23.7 Å². The summed E-state index contributed by atoms with van der Waals surface area (Å²) in [5.41, 5.74) is 7.04. The molecule has 0 aromatic carbocycles. The smallest absolute Gasteiger partial charge is 0.224 e. The lowest BCUT2D eigenvalue weighted by Crippen LogP contribution is -2.33. The zero-order chi connectivity index (χ0) is 11.7. The maximum Gasteiger partial charge on any atom is 0.224 e. The molecular formula is C11H17N3OS. The fraction of sp³-hybridized carbons (Fsp3) is 0.636. The SMILES string of the molecule is CCCN1C(=O)CC(N)C1c1nc(C)cs1. The highest BCUT2D eigenvalue weighted by molar-refractivity contribution is 7.09. The van der Waals surface area contributed by atoms with E-state index in [2.05, 4.69) is 11.9 Å². The topological polar surface area (TPSA) is 59.2 Å². The van der Waals surface area contributed by atoms with Gasteiger partial charge in [-0.3, -0.25) is 4.79 Å². The zero-order valence-corrected chi connectivity index (χ0v) is 10.5. The molecular weight excluding hydrogens is 222 g/mol. The molecule has 1 aliphatic heterocycles. The monoisotopic (exact) mass is 239 g/mol. The van der Waals surface area contributed by atoms with Gasteiger partial charge in [0.05, 0.1) is 6.04 Å². The minimum absolute atomic E-state index is 0.00819. The first-order valence-corrected chi connectivity index (χ1v) is 6.48. The molecule has 0 spiro atoms. The van der Waals surface area contributed by atoms with Gasteiger partial charge in [0.15, 0.2) is 0 Å². The van der Waals surface area contributed by atoms with Crippen LogP contribution in [0.25, 0.3) is 0 Å². The molecule has 5 heteroatoms. The third-order valence-corrected chi connectivity index (χ3v) is 3.86. The number of carbonyl (C=O) groups excluding carboxylic acids is 1. The molecule has 1 amide bonds. The molecule has 0 radical (unpaired) electrons. The van der Waals surface area contributed by atoms with Gasteiger partial charge in [-0.15, -0.1) is 11.3 Å². The number of nitrogens with two attached hydrogens (primary N) is 1. The van der Waals surface area contributed by atoms with Crippen LogP contribution in [-0.4, -0.2) is 28.4 Å². The van der Waals surface area contributed by atoms with E-state index < -0.39 is 0 Å². The molecule has 2 atom stereocenters. The fourth-order valence-electron chi connectivity index (χ4n) is 2.15. The number of aryl methyl sites for hydroxylation is 1. The first kappa shape index (κ1) is 11.5. The van der Waals surface area contributed by atoms with Crippen molar-refractivity contribution in [1.29, 1.82) is 0 Å². The van der Waals surface area contributed by atoms with Crippen LogP contribution in [0.15, 0.2) is 5.38 Å². The third kappa shape index (κ3) is 1.97. The summed E-state index contributed by atoms with van der Waals surface area (Å²) in [6.45, 7) is 4.81. The summed E-state index contributed by atoms with van der Waals surface area (Å²) in [4.78, 5) is 18.1. The van der Waals surface area contributed by atoms with Crippen LogP contribution in [0.2, 0.25) is 0 Å². The molecule has 2 rings (SSSR count). The van der Waals surface area contributed by atoms with Gasteiger partial charge in [0.25, 0.3) is 0 Å². The average molecular weight is 239 g/mol. The predicted molar refractivity (Wildman–Crippen MR) is 64.2 cm³/mol. The Balaban J connectivity index is 2.26. The molecule has 1 fully saturated rings. The summed E-state index contributed by atoms with van der Waals surface area (Å²) in [6, 6.07) is -0.115. The second-order valence-corrected chi connectivity index (χ2v) is 5.12. The van der Waals surface area contributed by atoms with Crippen molar-refractivity contribution in [3.8, 4) is 0 Å². The van der Waals surface area contributed by atoms with Crippen molar-refractivity contribution in [2.24, 2.45) is 5.73 Å². The minimum atomic E-state index is -0.107. The van der Waals surface area contributed by atoms with Gasteiger partial charge in [-0.05, 0) is 13.3 Å². The lowest BCUT2D eigenvalue weighted by Gasteiger charge is -2.24. The van der Waals surface area contributed by atoms with Crippen LogP contribution >= 0.6 is 11.3 Å². The molecule has 4 nitrogen and oxygen atoms in total. The highest BCUT2D eigenvalue weighted by Crippen LogP contribution is 2.33. The number of hydrogen-bond donors (Lipinski definition) is 1. The van der Waals surface area contributed by atoms with Crippen molar-refractivity contribution in [1.82, 2.24) is 9.88 Å². The maximum atomic E-state index is 11.8. The summed E-state index contributed by atoms with van der Waals surface area (Å²) in [5, 5.41) is 2.99. The highest BCUT2D eigenvalue weighted by atomic mass is 32.1. The molecule has 0 bridgehead atoms. The normalized spacial score (nSPS) is 25.4. The van der Waals surface area contributed by atoms with Crippen molar-refractivity contribution in [2.75, 3.05) is 6.54 Å². The predicted octanol–water partition coefficient (Wildman–Crippen LogP) is 1.46. The number of likely N-dealkylation sites (tertiary alicyclic amines) is 1. The van der Waals surface area contributed by atoms with Crippen LogP contribution < -0.4 is 5.73 Å². The molecule has 1 aromatic heterocycles. The summed E-state index contributed by atoms with van der Waals surface area (Å²) in [7, 11) is 0. The van der Waals surface area contributed by atoms with Gasteiger partial charge in [0.1, 0.15) is 5.01 Å². The molecule has 0 saturated carbocycles. The molecule has 2 unspecified atom stereocenters. The van der Waals surface area contributed by atoms with E-state index in [9.17, 15) is 4.79 Å². The van der Waals surface area contributed by atoms with Crippen LogP contribution in [-0.2, 0) is 4.79 Å². The Kier molecular flexibility index (Phi) is 3.25. The summed E-state index contributed by atoms with van der Waals surface area (Å²) in [5.74, 6) is 0.159. The fourth-order valence-corrected chi connectivity index (χ4v) is 3.13. The highest BCUT2D eigenvalue weighted by Gasteiger charge is 2.39. The number of hydrogen-bond acceptors (Lipinski definition) is 4. The number of carbonyl (C=O) groups is 1. The van der Waals surface area contributed by atoms with E-state index >= 15 is 0 Å². The molecule has 0 aliphatic carbocycles. The van der Waals surface area contributed by atoms with Crippen molar-refractivity contribution in [2.45, 2.75) is 38.8 Å². The van der Waals surface area contributed by atoms with E-state index in [4.69, 9.17) is 5.73 Å². The Morgan fingerprint density at radius 2 is 2.44 bits per heavy atom. The minimum Gasteiger partial charge on any atom is -0.332 e. The van der Waals surface area contributed by atoms with Crippen LogP contribution in [0.5, 0.6) is 0 Å². The Morgan fingerprint density at radius 3 is 3.00 bits per heavy atom. The average Bonchev–Trinajstić information content (AvgIpc) is 2.73. The van der Waals surface area contributed by atoms with Gasteiger partial charge < -0.3 is 10.6 Å². The molecule has 1 saturated heterocycles. The number of nitrogens with zero attached hydrogens (tertiary/aromatic N) is 2. The second-order valence-electron chi connectivity index (χ2n) is 4.23. The molecule has 1 aromatic rings. The number of amides is 1. The zero-order valence-electron chi connectivity index (χ0n) is 9.64. The van der Waals surface area contributed by atoms with Crippen LogP contribution in [0.1, 0.15) is 36.5 Å². The number of rotatable bonds is 3. The second kappa shape index (κ2) is 4.51. The molecule has 2 N–H and O–H groups in total. The summed E-state index contributed by atoms with van der Waals surface area (Å²) < 4.78 is 0. The van der Waals surface area contributed by atoms with Gasteiger partial charge in [-0.1, -0.05) is 6.92 Å². The van der Waals surface area contributed by atoms with Crippen LogP contribution in [0.3, 0.4) is 0 Å². The lowest BCUT2D eigenvalue weighted by atomic mass is 10.1. The Bertz CT molecular complexity index is 390. The summed E-state index contributed by atoms with van der Waals surface area (Å²) in [6.07, 6.45) is 1.41. The van der Waals surface area contributed by atoms with Crippen molar-refractivity contribution in [3.05, 3.63) is 16.1 Å². The van der Waals surface area contributed by atoms with Crippen molar-refractivity contribution < 1.29 is 4.79 Å². The number of aromatic nitrogens is 1. The van der Waals surface area contributed by atoms with E-state index in [0.29, 0.717) is 6.42 Å². The first-order valence-electron chi connectivity index (χ1n) is 5.60. The third-order valence-electron chi connectivity index (χ3n) is 2.83. The van der Waals surface area contributed by atoms with Gasteiger partial charge in [-0.2, -0.15) is 0 Å². The van der Waals surface area contributed by atoms with E-state index in [1.165, 1.54) is 0 Å². The van der Waals surface area contributed by atoms with Crippen molar-refractivity contribution >= 4 is 17.2 Å². The van der Waals surface area contributed by atoms with Crippen LogP contribution in [0, 0.1) is 6.92 Å². The van der Waals surface area contributed by atoms with Crippen LogP contribution in [0.4, 0.5) is 0 Å². The molecule has 1 aliphatic rings.